The second-order valence-electron chi connectivity index (χ2n) is 9.31. The Balaban J connectivity index is 1.44. The van der Waals surface area contributed by atoms with E-state index in [0.29, 0.717) is 16.8 Å². The highest BCUT2D eigenvalue weighted by molar-refractivity contribution is 6.04. The van der Waals surface area contributed by atoms with Crippen molar-refractivity contribution in [2.24, 2.45) is 0 Å². The lowest BCUT2D eigenvalue weighted by Gasteiger charge is -2.24. The van der Waals surface area contributed by atoms with E-state index < -0.39 is 30.0 Å². The summed E-state index contributed by atoms with van der Waals surface area (Å²) < 4.78 is 19.5. The molecule has 0 spiro atoms. The third-order valence-corrected chi connectivity index (χ3v) is 6.43. The number of anilines is 2. The number of carbonyl (C=O) groups is 3. The highest BCUT2D eigenvalue weighted by Crippen LogP contribution is 2.35. The summed E-state index contributed by atoms with van der Waals surface area (Å²) in [6.07, 6.45) is -1.62. The van der Waals surface area contributed by atoms with Crippen LogP contribution in [0.1, 0.15) is 33.2 Å². The first-order valence-electron chi connectivity index (χ1n) is 12.4. The van der Waals surface area contributed by atoms with E-state index in [4.69, 9.17) is 4.74 Å². The van der Waals surface area contributed by atoms with Gasteiger partial charge in [0.2, 0.25) is 0 Å². The summed E-state index contributed by atoms with van der Waals surface area (Å²) in [4.78, 5) is 40.7. The van der Waals surface area contributed by atoms with Gasteiger partial charge in [0.1, 0.15) is 5.82 Å². The minimum atomic E-state index is -1.05. The molecule has 5 rings (SSSR count). The Bertz CT molecular complexity index is 1510. The number of amides is 3. The molecule has 0 bridgehead atoms. The van der Waals surface area contributed by atoms with Gasteiger partial charge in [-0.1, -0.05) is 66.2 Å². The lowest BCUT2D eigenvalue weighted by atomic mass is 9.99. The van der Waals surface area contributed by atoms with E-state index in [2.05, 4.69) is 10.6 Å². The molecule has 1 aliphatic heterocycles. The molecule has 7 nitrogen and oxygen atoms in total. The number of cyclic esters (lactones) is 1. The van der Waals surface area contributed by atoms with E-state index >= 15 is 0 Å². The standard InChI is InChI=1S/C31H26FN3O4/c1-20-13-15-21(16-14-20)19-35-27(30(37)34-26-12-6-10-24(32)18-26)28(39-31(35)38)23-9-5-11-25(17-23)33-29(36)22-7-3-2-4-8-22/h2-18,27-28H,19H2,1H3,(H,33,36)(H,34,37)/t27-,28-/m0/s1. The topological polar surface area (TPSA) is 87.7 Å². The minimum Gasteiger partial charge on any atom is -0.438 e. The largest absolute Gasteiger partial charge is 0.438 e. The predicted octanol–water partition coefficient (Wildman–Crippen LogP) is 6.09. The minimum absolute atomic E-state index is 0.140. The molecule has 0 unspecified atom stereocenters. The van der Waals surface area contributed by atoms with Gasteiger partial charge in [0.05, 0.1) is 6.54 Å². The first-order chi connectivity index (χ1) is 18.9. The van der Waals surface area contributed by atoms with Crippen LogP contribution in [0, 0.1) is 12.7 Å². The molecule has 8 heteroatoms. The first kappa shape index (κ1) is 25.7. The maximum atomic E-state index is 13.8. The van der Waals surface area contributed by atoms with Crippen LogP contribution in [0.15, 0.2) is 103 Å². The van der Waals surface area contributed by atoms with E-state index in [-0.39, 0.29) is 18.1 Å². The number of nitrogens with zero attached hydrogens (tertiary/aromatic N) is 1. The molecule has 0 saturated carbocycles. The van der Waals surface area contributed by atoms with Crippen LogP contribution >= 0.6 is 0 Å². The number of hydrogen-bond donors (Lipinski definition) is 2. The van der Waals surface area contributed by atoms with Gasteiger partial charge in [0, 0.05) is 16.9 Å². The van der Waals surface area contributed by atoms with Crippen molar-refractivity contribution in [1.29, 1.82) is 0 Å². The molecule has 2 N–H and O–H groups in total. The van der Waals surface area contributed by atoms with E-state index in [1.165, 1.54) is 23.1 Å². The summed E-state index contributed by atoms with van der Waals surface area (Å²) in [5.41, 5.74) is 3.66. The SMILES string of the molecule is Cc1ccc(CN2C(=O)O[C@@H](c3cccc(NC(=O)c4ccccc4)c3)[C@H]2C(=O)Nc2cccc(F)c2)cc1. The third kappa shape index (κ3) is 5.96. The normalized spacial score (nSPS) is 16.5. The Morgan fingerprint density at radius 1 is 0.846 bits per heavy atom. The quantitative estimate of drug-likeness (QED) is 0.307. The van der Waals surface area contributed by atoms with Crippen LogP contribution in [0.25, 0.3) is 0 Å². The van der Waals surface area contributed by atoms with Crippen molar-refractivity contribution in [3.8, 4) is 0 Å². The van der Waals surface area contributed by atoms with Gasteiger partial charge in [0.15, 0.2) is 12.1 Å². The van der Waals surface area contributed by atoms with Crippen molar-refractivity contribution >= 4 is 29.3 Å². The lowest BCUT2D eigenvalue weighted by molar-refractivity contribution is -0.121. The number of ether oxygens (including phenoxy) is 1. The van der Waals surface area contributed by atoms with E-state index in [9.17, 15) is 18.8 Å². The summed E-state index contributed by atoms with van der Waals surface area (Å²) in [5, 5.41) is 5.56. The fourth-order valence-corrected chi connectivity index (χ4v) is 4.47. The van der Waals surface area contributed by atoms with E-state index in [0.717, 1.165) is 11.1 Å². The van der Waals surface area contributed by atoms with Gasteiger partial charge in [-0.2, -0.15) is 0 Å². The predicted molar refractivity (Wildman–Crippen MR) is 146 cm³/mol. The second kappa shape index (κ2) is 11.2. The number of nitrogens with one attached hydrogen (secondary N) is 2. The number of rotatable bonds is 7. The van der Waals surface area contributed by atoms with Crippen molar-refractivity contribution < 1.29 is 23.5 Å². The Labute approximate surface area is 225 Å². The molecule has 1 saturated heterocycles. The van der Waals surface area contributed by atoms with E-state index in [1.807, 2.05) is 37.3 Å². The average Bonchev–Trinajstić information content (AvgIpc) is 3.26. The summed E-state index contributed by atoms with van der Waals surface area (Å²) in [5.74, 6) is -1.32. The van der Waals surface area contributed by atoms with Crippen LogP contribution in [0.3, 0.4) is 0 Å². The molecule has 0 aromatic heterocycles. The van der Waals surface area contributed by atoms with Crippen molar-refractivity contribution in [1.82, 2.24) is 4.90 Å². The summed E-state index contributed by atoms with van der Waals surface area (Å²) in [6.45, 7) is 2.10. The summed E-state index contributed by atoms with van der Waals surface area (Å²) >= 11 is 0. The van der Waals surface area contributed by atoms with Gasteiger partial charge < -0.3 is 15.4 Å². The second-order valence-corrected chi connectivity index (χ2v) is 9.31. The fraction of sp³-hybridized carbons (Fsp3) is 0.129. The molecule has 0 radical (unpaired) electrons. The zero-order valence-corrected chi connectivity index (χ0v) is 21.1. The third-order valence-electron chi connectivity index (χ3n) is 6.43. The maximum Gasteiger partial charge on any atom is 0.411 e. The van der Waals surface area contributed by atoms with E-state index in [1.54, 1.807) is 54.6 Å². The van der Waals surface area contributed by atoms with Crippen molar-refractivity contribution in [3.05, 3.63) is 131 Å². The van der Waals surface area contributed by atoms with Crippen LogP contribution < -0.4 is 10.6 Å². The average molecular weight is 524 g/mol. The van der Waals surface area contributed by atoms with Gasteiger partial charge in [0.25, 0.3) is 11.8 Å². The van der Waals surface area contributed by atoms with Crippen LogP contribution in [-0.2, 0) is 16.1 Å². The molecule has 3 amide bonds. The molecule has 1 aliphatic rings. The fourth-order valence-electron chi connectivity index (χ4n) is 4.47. The van der Waals surface area contributed by atoms with Gasteiger partial charge in [-0.05, 0) is 60.5 Å². The Morgan fingerprint density at radius 3 is 2.26 bits per heavy atom. The molecule has 1 heterocycles. The molecule has 39 heavy (non-hydrogen) atoms. The number of halogens is 1. The highest BCUT2D eigenvalue weighted by Gasteiger charge is 2.47. The van der Waals surface area contributed by atoms with Crippen LogP contribution in [0.4, 0.5) is 20.6 Å². The van der Waals surface area contributed by atoms with Gasteiger partial charge in [-0.15, -0.1) is 0 Å². The Hall–Kier alpha value is -4.98. The molecular weight excluding hydrogens is 497 g/mol. The van der Waals surface area contributed by atoms with Gasteiger partial charge in [-0.25, -0.2) is 9.18 Å². The monoisotopic (exact) mass is 523 g/mol. The number of hydrogen-bond acceptors (Lipinski definition) is 4. The van der Waals surface area contributed by atoms with Crippen molar-refractivity contribution in [2.75, 3.05) is 10.6 Å². The molecule has 196 valence electrons. The van der Waals surface area contributed by atoms with Crippen LogP contribution in [0.5, 0.6) is 0 Å². The molecule has 2 atom stereocenters. The molecule has 4 aromatic carbocycles. The van der Waals surface area contributed by atoms with Gasteiger partial charge >= 0.3 is 6.09 Å². The molecule has 4 aromatic rings. The summed E-state index contributed by atoms with van der Waals surface area (Å²) in [6, 6.07) is 27.7. The Kier molecular flexibility index (Phi) is 7.36. The molecular formula is C31H26FN3O4. The highest BCUT2D eigenvalue weighted by atomic mass is 19.1. The van der Waals surface area contributed by atoms with Crippen LogP contribution in [0.2, 0.25) is 0 Å². The first-order valence-corrected chi connectivity index (χ1v) is 12.4. The number of benzene rings is 4. The van der Waals surface area contributed by atoms with Gasteiger partial charge in [-0.3, -0.25) is 14.5 Å². The summed E-state index contributed by atoms with van der Waals surface area (Å²) in [7, 11) is 0. The zero-order valence-electron chi connectivity index (χ0n) is 21.1. The molecule has 1 fully saturated rings. The van der Waals surface area contributed by atoms with Crippen molar-refractivity contribution in [2.45, 2.75) is 25.6 Å². The molecule has 0 aliphatic carbocycles. The smallest absolute Gasteiger partial charge is 0.411 e. The van der Waals surface area contributed by atoms with Crippen LogP contribution in [-0.4, -0.2) is 28.8 Å². The van der Waals surface area contributed by atoms with Crippen molar-refractivity contribution in [3.63, 3.8) is 0 Å². The lowest BCUT2D eigenvalue weighted by Crippen LogP contribution is -2.43. The Morgan fingerprint density at radius 2 is 1.54 bits per heavy atom. The number of carbonyl (C=O) groups excluding carboxylic acids is 3. The maximum absolute atomic E-state index is 13.8. The zero-order chi connectivity index (χ0) is 27.4. The number of aryl methyl sites for hydroxylation is 1.